The van der Waals surface area contributed by atoms with Crippen LogP contribution in [0.2, 0.25) is 0 Å². The third kappa shape index (κ3) is 4.00. The van der Waals surface area contributed by atoms with E-state index in [1.54, 1.807) is 12.1 Å². The Bertz CT molecular complexity index is 995. The van der Waals surface area contributed by atoms with Gasteiger partial charge >= 0.3 is 0 Å². The molecule has 0 radical (unpaired) electrons. The minimum absolute atomic E-state index is 0.0808. The van der Waals surface area contributed by atoms with Gasteiger partial charge < -0.3 is 5.32 Å². The van der Waals surface area contributed by atoms with Crippen molar-refractivity contribution in [3.63, 3.8) is 0 Å². The van der Waals surface area contributed by atoms with E-state index in [1.165, 1.54) is 6.07 Å². The smallest absolute Gasteiger partial charge is 0.224 e. The predicted molar refractivity (Wildman–Crippen MR) is 107 cm³/mol. The SMILES string of the molecule is Cc1nc2ccccc2c(C)c1CC(=O)NCC(C)(C)c1ccccc1F. The highest BCUT2D eigenvalue weighted by Gasteiger charge is 2.24. The number of hydrogen-bond acceptors (Lipinski definition) is 2. The van der Waals surface area contributed by atoms with E-state index in [4.69, 9.17) is 0 Å². The van der Waals surface area contributed by atoms with Crippen molar-refractivity contribution in [2.24, 2.45) is 0 Å². The van der Waals surface area contributed by atoms with Gasteiger partial charge in [0.1, 0.15) is 5.82 Å². The van der Waals surface area contributed by atoms with Crippen LogP contribution < -0.4 is 5.32 Å². The van der Waals surface area contributed by atoms with E-state index < -0.39 is 5.41 Å². The first-order valence-corrected chi connectivity index (χ1v) is 9.16. The van der Waals surface area contributed by atoms with Gasteiger partial charge in [-0.1, -0.05) is 50.2 Å². The number of hydrogen-bond donors (Lipinski definition) is 1. The second-order valence-electron chi connectivity index (χ2n) is 7.64. The molecule has 3 nitrogen and oxygen atoms in total. The molecule has 140 valence electrons. The highest BCUT2D eigenvalue weighted by Crippen LogP contribution is 2.25. The number of halogens is 1. The summed E-state index contributed by atoms with van der Waals surface area (Å²) in [6, 6.07) is 14.7. The molecular weight excluding hydrogens is 339 g/mol. The minimum Gasteiger partial charge on any atom is -0.355 e. The monoisotopic (exact) mass is 364 g/mol. The van der Waals surface area contributed by atoms with Gasteiger partial charge in [-0.2, -0.15) is 0 Å². The quantitative estimate of drug-likeness (QED) is 0.717. The van der Waals surface area contributed by atoms with Crippen molar-refractivity contribution >= 4 is 16.8 Å². The lowest BCUT2D eigenvalue weighted by atomic mass is 9.84. The van der Waals surface area contributed by atoms with E-state index in [2.05, 4.69) is 10.3 Å². The molecule has 0 bridgehead atoms. The summed E-state index contributed by atoms with van der Waals surface area (Å²) in [5.74, 6) is -0.329. The Hall–Kier alpha value is -2.75. The number of para-hydroxylation sites is 1. The molecule has 0 aliphatic heterocycles. The van der Waals surface area contributed by atoms with Crippen LogP contribution in [0.5, 0.6) is 0 Å². The lowest BCUT2D eigenvalue weighted by molar-refractivity contribution is -0.120. The molecule has 0 saturated carbocycles. The number of rotatable bonds is 5. The van der Waals surface area contributed by atoms with E-state index >= 15 is 0 Å². The number of aromatic nitrogens is 1. The van der Waals surface area contributed by atoms with Gasteiger partial charge in [0.25, 0.3) is 0 Å². The van der Waals surface area contributed by atoms with E-state index in [9.17, 15) is 9.18 Å². The fraction of sp³-hybridized carbons (Fsp3) is 0.304. The van der Waals surface area contributed by atoms with Gasteiger partial charge in [-0.25, -0.2) is 4.39 Å². The maximum absolute atomic E-state index is 14.1. The zero-order valence-corrected chi connectivity index (χ0v) is 16.3. The summed E-state index contributed by atoms with van der Waals surface area (Å²) in [5, 5.41) is 4.03. The molecule has 0 aliphatic carbocycles. The normalized spacial score (nSPS) is 11.6. The Morgan fingerprint density at radius 1 is 1.07 bits per heavy atom. The maximum atomic E-state index is 14.1. The van der Waals surface area contributed by atoms with E-state index in [-0.39, 0.29) is 18.1 Å². The molecule has 0 aliphatic rings. The van der Waals surface area contributed by atoms with Gasteiger partial charge in [0, 0.05) is 23.0 Å². The Balaban J connectivity index is 1.75. The van der Waals surface area contributed by atoms with Crippen molar-refractivity contribution in [3.05, 3.63) is 76.7 Å². The number of nitrogens with zero attached hydrogens (tertiary/aromatic N) is 1. The van der Waals surface area contributed by atoms with Crippen LogP contribution in [0.25, 0.3) is 10.9 Å². The van der Waals surface area contributed by atoms with E-state index in [1.807, 2.05) is 58.0 Å². The first-order valence-electron chi connectivity index (χ1n) is 9.16. The zero-order chi connectivity index (χ0) is 19.6. The van der Waals surface area contributed by atoms with Crippen LogP contribution in [-0.2, 0) is 16.6 Å². The standard InChI is InChI=1S/C23H25FN2O/c1-15-17-9-5-8-12-21(17)26-16(2)18(15)13-22(27)25-14-23(3,4)19-10-6-7-11-20(19)24/h5-12H,13-14H2,1-4H3,(H,25,27). The highest BCUT2D eigenvalue weighted by molar-refractivity contribution is 5.86. The molecule has 0 fully saturated rings. The van der Waals surface area contributed by atoms with Crippen molar-refractivity contribution < 1.29 is 9.18 Å². The fourth-order valence-corrected chi connectivity index (χ4v) is 3.48. The lowest BCUT2D eigenvalue weighted by Gasteiger charge is -2.26. The number of fused-ring (bicyclic) bond motifs is 1. The van der Waals surface area contributed by atoms with E-state index in [0.29, 0.717) is 12.1 Å². The fourth-order valence-electron chi connectivity index (χ4n) is 3.48. The summed E-state index contributed by atoms with van der Waals surface area (Å²) in [6.45, 7) is 8.19. The maximum Gasteiger partial charge on any atom is 0.224 e. The molecule has 1 N–H and O–H groups in total. The van der Waals surface area contributed by atoms with Crippen molar-refractivity contribution in [1.29, 1.82) is 0 Å². The molecule has 3 rings (SSSR count). The second kappa shape index (κ2) is 7.47. The van der Waals surface area contributed by atoms with Gasteiger partial charge in [-0.15, -0.1) is 0 Å². The summed E-state index contributed by atoms with van der Waals surface area (Å²) in [7, 11) is 0. The summed E-state index contributed by atoms with van der Waals surface area (Å²) < 4.78 is 14.1. The largest absolute Gasteiger partial charge is 0.355 e. The van der Waals surface area contributed by atoms with E-state index in [0.717, 1.165) is 27.7 Å². The number of carbonyl (C=O) groups excluding carboxylic acids is 1. The highest BCUT2D eigenvalue weighted by atomic mass is 19.1. The molecule has 4 heteroatoms. The third-order valence-electron chi connectivity index (χ3n) is 5.15. The number of amides is 1. The lowest BCUT2D eigenvalue weighted by Crippen LogP contribution is -2.38. The molecule has 0 unspecified atom stereocenters. The van der Waals surface area contributed by atoms with Crippen molar-refractivity contribution in [3.8, 4) is 0 Å². The molecule has 27 heavy (non-hydrogen) atoms. The Kier molecular flexibility index (Phi) is 5.26. The summed E-state index contributed by atoms with van der Waals surface area (Å²) >= 11 is 0. The molecule has 2 aromatic carbocycles. The first-order chi connectivity index (χ1) is 12.8. The predicted octanol–water partition coefficient (Wildman–Crippen LogP) is 4.63. The second-order valence-corrected chi connectivity index (χ2v) is 7.64. The van der Waals surface area contributed by atoms with Crippen LogP contribution in [0.1, 0.15) is 36.2 Å². The molecule has 3 aromatic rings. The van der Waals surface area contributed by atoms with Crippen molar-refractivity contribution in [1.82, 2.24) is 10.3 Å². The topological polar surface area (TPSA) is 42.0 Å². The molecule has 0 spiro atoms. The van der Waals surface area contributed by atoms with Crippen LogP contribution in [0.3, 0.4) is 0 Å². The number of nitrogens with one attached hydrogen (secondary N) is 1. The van der Waals surface area contributed by atoms with Crippen LogP contribution in [0, 0.1) is 19.7 Å². The average molecular weight is 364 g/mol. The number of aryl methyl sites for hydroxylation is 2. The van der Waals surface area contributed by atoms with Gasteiger partial charge in [-0.3, -0.25) is 9.78 Å². The van der Waals surface area contributed by atoms with Crippen molar-refractivity contribution in [2.75, 3.05) is 6.54 Å². The minimum atomic E-state index is -0.493. The first kappa shape index (κ1) is 19.0. The zero-order valence-electron chi connectivity index (χ0n) is 16.3. The summed E-state index contributed by atoms with van der Waals surface area (Å²) in [5.41, 5.74) is 3.96. The van der Waals surface area contributed by atoms with Crippen molar-refractivity contribution in [2.45, 2.75) is 39.5 Å². The van der Waals surface area contributed by atoms with Gasteiger partial charge in [-0.05, 0) is 42.7 Å². The molecule has 1 amide bonds. The number of pyridine rings is 1. The van der Waals surface area contributed by atoms with Gasteiger partial charge in [0.15, 0.2) is 0 Å². The Labute approximate surface area is 159 Å². The molecule has 0 saturated heterocycles. The van der Waals surface area contributed by atoms with Crippen LogP contribution >= 0.6 is 0 Å². The van der Waals surface area contributed by atoms with Crippen LogP contribution in [0.15, 0.2) is 48.5 Å². The molecule has 1 aromatic heterocycles. The average Bonchev–Trinajstić information content (AvgIpc) is 2.64. The number of benzene rings is 2. The Morgan fingerprint density at radius 3 is 2.48 bits per heavy atom. The molecule has 0 atom stereocenters. The van der Waals surface area contributed by atoms with Gasteiger partial charge in [0.05, 0.1) is 11.9 Å². The van der Waals surface area contributed by atoms with Crippen LogP contribution in [0.4, 0.5) is 4.39 Å². The molecular formula is C23H25FN2O. The third-order valence-corrected chi connectivity index (χ3v) is 5.15. The summed E-state index contributed by atoms with van der Waals surface area (Å²) in [4.78, 5) is 17.2. The van der Waals surface area contributed by atoms with Crippen LogP contribution in [-0.4, -0.2) is 17.4 Å². The van der Waals surface area contributed by atoms with Gasteiger partial charge in [0.2, 0.25) is 5.91 Å². The number of carbonyl (C=O) groups is 1. The molecule has 1 heterocycles. The summed E-state index contributed by atoms with van der Waals surface area (Å²) in [6.07, 6.45) is 0.267. The Morgan fingerprint density at radius 2 is 1.74 bits per heavy atom.